The van der Waals surface area contributed by atoms with Crippen LogP contribution in [0.2, 0.25) is 0 Å². The van der Waals surface area contributed by atoms with Gasteiger partial charge in [0.2, 0.25) is 0 Å². The summed E-state index contributed by atoms with van der Waals surface area (Å²) >= 11 is 0. The molecule has 1 aliphatic carbocycles. The van der Waals surface area contributed by atoms with Crippen LogP contribution in [0.15, 0.2) is 0 Å². The van der Waals surface area contributed by atoms with Crippen molar-refractivity contribution in [2.45, 2.75) is 52.7 Å². The van der Waals surface area contributed by atoms with Crippen LogP contribution in [0.1, 0.15) is 49.2 Å². The van der Waals surface area contributed by atoms with Gasteiger partial charge in [-0.1, -0.05) is 6.42 Å². The highest BCUT2D eigenvalue weighted by atomic mass is 16.3. The van der Waals surface area contributed by atoms with Crippen LogP contribution in [-0.4, -0.2) is 14.9 Å². The van der Waals surface area contributed by atoms with Gasteiger partial charge in [-0.3, -0.25) is 4.68 Å². The van der Waals surface area contributed by atoms with Crippen LogP contribution in [0.4, 0.5) is 0 Å². The first-order valence-corrected chi connectivity index (χ1v) is 5.81. The summed E-state index contributed by atoms with van der Waals surface area (Å²) in [5.41, 5.74) is 3.12. The number of nitrogens with zero attached hydrogens (tertiary/aromatic N) is 2. The molecule has 0 bridgehead atoms. The Kier molecular flexibility index (Phi) is 2.83. The van der Waals surface area contributed by atoms with Crippen molar-refractivity contribution in [2.75, 3.05) is 0 Å². The minimum absolute atomic E-state index is 0.403. The average molecular weight is 208 g/mol. The Bertz CT molecular complexity index is 351. The molecule has 1 unspecified atom stereocenters. The molecule has 0 spiro atoms. The van der Waals surface area contributed by atoms with Crippen LogP contribution >= 0.6 is 0 Å². The van der Waals surface area contributed by atoms with Crippen LogP contribution < -0.4 is 0 Å². The standard InChI is InChI=1S/C12H20N2O/c1-8-12(10(3)15)9(2)14(13-8)7-11-5-4-6-11/h10-11,15H,4-7H2,1-3H3. The molecule has 3 heteroatoms. The Morgan fingerprint density at radius 1 is 1.47 bits per heavy atom. The van der Waals surface area contributed by atoms with E-state index < -0.39 is 6.10 Å². The quantitative estimate of drug-likeness (QED) is 0.828. The van der Waals surface area contributed by atoms with Crippen LogP contribution in [0, 0.1) is 19.8 Å². The topological polar surface area (TPSA) is 38.0 Å². The Balaban J connectivity index is 2.20. The van der Waals surface area contributed by atoms with Crippen molar-refractivity contribution in [1.82, 2.24) is 9.78 Å². The fourth-order valence-electron chi connectivity index (χ4n) is 2.41. The fraction of sp³-hybridized carbons (Fsp3) is 0.750. The van der Waals surface area contributed by atoms with Gasteiger partial charge in [0.1, 0.15) is 0 Å². The molecule has 1 N–H and O–H groups in total. The summed E-state index contributed by atoms with van der Waals surface area (Å²) in [4.78, 5) is 0. The average Bonchev–Trinajstić information content (AvgIpc) is 2.34. The maximum atomic E-state index is 9.65. The first-order valence-electron chi connectivity index (χ1n) is 5.81. The lowest BCUT2D eigenvalue weighted by Crippen LogP contribution is -2.19. The highest BCUT2D eigenvalue weighted by Crippen LogP contribution is 2.29. The number of hydrogen-bond donors (Lipinski definition) is 1. The van der Waals surface area contributed by atoms with E-state index in [1.54, 1.807) is 0 Å². The van der Waals surface area contributed by atoms with Gasteiger partial charge in [0.25, 0.3) is 0 Å². The largest absolute Gasteiger partial charge is 0.389 e. The van der Waals surface area contributed by atoms with Gasteiger partial charge in [-0.05, 0) is 39.5 Å². The van der Waals surface area contributed by atoms with E-state index in [-0.39, 0.29) is 0 Å². The summed E-state index contributed by atoms with van der Waals surface area (Å²) in [5, 5.41) is 14.2. The van der Waals surface area contributed by atoms with Crippen molar-refractivity contribution in [3.8, 4) is 0 Å². The fourth-order valence-corrected chi connectivity index (χ4v) is 2.41. The second-order valence-electron chi connectivity index (χ2n) is 4.74. The highest BCUT2D eigenvalue weighted by Gasteiger charge is 2.21. The van der Waals surface area contributed by atoms with Crippen molar-refractivity contribution < 1.29 is 5.11 Å². The van der Waals surface area contributed by atoms with E-state index in [2.05, 4.69) is 16.7 Å². The first kappa shape index (κ1) is 10.7. The second-order valence-corrected chi connectivity index (χ2v) is 4.74. The molecule has 0 aromatic carbocycles. The van der Waals surface area contributed by atoms with E-state index in [4.69, 9.17) is 0 Å². The molecule has 15 heavy (non-hydrogen) atoms. The van der Waals surface area contributed by atoms with Crippen molar-refractivity contribution in [3.63, 3.8) is 0 Å². The van der Waals surface area contributed by atoms with Crippen LogP contribution in [0.3, 0.4) is 0 Å². The van der Waals surface area contributed by atoms with E-state index in [9.17, 15) is 5.11 Å². The van der Waals surface area contributed by atoms with Crippen molar-refractivity contribution in [1.29, 1.82) is 0 Å². The Labute approximate surface area is 91.1 Å². The summed E-state index contributed by atoms with van der Waals surface area (Å²) in [7, 11) is 0. The van der Waals surface area contributed by atoms with Crippen molar-refractivity contribution in [3.05, 3.63) is 17.0 Å². The maximum Gasteiger partial charge on any atom is 0.0797 e. The number of rotatable bonds is 3. The van der Waals surface area contributed by atoms with Crippen LogP contribution in [0.5, 0.6) is 0 Å². The first-order chi connectivity index (χ1) is 7.09. The van der Waals surface area contributed by atoms with Gasteiger partial charge in [0, 0.05) is 17.8 Å². The van der Waals surface area contributed by atoms with Crippen LogP contribution in [-0.2, 0) is 6.54 Å². The predicted octanol–water partition coefficient (Wildman–Crippen LogP) is 2.35. The van der Waals surface area contributed by atoms with Gasteiger partial charge in [0.15, 0.2) is 0 Å². The molecule has 1 aromatic rings. The lowest BCUT2D eigenvalue weighted by atomic mass is 9.85. The normalized spacial score (nSPS) is 18.9. The predicted molar refractivity (Wildman–Crippen MR) is 59.7 cm³/mol. The lowest BCUT2D eigenvalue weighted by Gasteiger charge is -2.25. The molecule has 0 aliphatic heterocycles. The van der Waals surface area contributed by atoms with E-state index >= 15 is 0 Å². The third kappa shape index (κ3) is 1.93. The minimum Gasteiger partial charge on any atom is -0.389 e. The SMILES string of the molecule is Cc1nn(CC2CCC2)c(C)c1C(C)O. The number of aliphatic hydroxyl groups excluding tert-OH is 1. The summed E-state index contributed by atoms with van der Waals surface area (Å²) in [6.45, 7) is 6.87. The molecule has 1 aromatic heterocycles. The third-order valence-electron chi connectivity index (χ3n) is 3.51. The number of aliphatic hydroxyl groups is 1. The Morgan fingerprint density at radius 3 is 2.53 bits per heavy atom. The van der Waals surface area contributed by atoms with Gasteiger partial charge < -0.3 is 5.11 Å². The summed E-state index contributed by atoms with van der Waals surface area (Å²) < 4.78 is 2.07. The molecule has 1 aliphatic rings. The van der Waals surface area contributed by atoms with E-state index in [0.717, 1.165) is 29.4 Å². The molecule has 0 saturated heterocycles. The van der Waals surface area contributed by atoms with E-state index in [1.165, 1.54) is 19.3 Å². The van der Waals surface area contributed by atoms with Gasteiger partial charge >= 0.3 is 0 Å². The summed E-state index contributed by atoms with van der Waals surface area (Å²) in [6, 6.07) is 0. The van der Waals surface area contributed by atoms with Crippen molar-refractivity contribution in [2.24, 2.45) is 5.92 Å². The molecule has 2 rings (SSSR count). The zero-order valence-corrected chi connectivity index (χ0v) is 9.82. The Morgan fingerprint density at radius 2 is 2.13 bits per heavy atom. The van der Waals surface area contributed by atoms with Gasteiger partial charge in [-0.25, -0.2) is 0 Å². The summed E-state index contributed by atoms with van der Waals surface area (Å²) in [6.07, 6.45) is 3.64. The number of aromatic nitrogens is 2. The molecule has 1 heterocycles. The van der Waals surface area contributed by atoms with Gasteiger partial charge in [0.05, 0.1) is 11.8 Å². The van der Waals surface area contributed by atoms with Crippen molar-refractivity contribution >= 4 is 0 Å². The summed E-state index contributed by atoms with van der Waals surface area (Å²) in [5.74, 6) is 0.810. The molecular formula is C12H20N2O. The van der Waals surface area contributed by atoms with E-state index in [0.29, 0.717) is 0 Å². The molecule has 0 amide bonds. The molecule has 0 radical (unpaired) electrons. The molecule has 1 saturated carbocycles. The number of aryl methyl sites for hydroxylation is 1. The zero-order valence-electron chi connectivity index (χ0n) is 9.82. The van der Waals surface area contributed by atoms with Gasteiger partial charge in [-0.2, -0.15) is 5.10 Å². The van der Waals surface area contributed by atoms with E-state index in [1.807, 2.05) is 13.8 Å². The second kappa shape index (κ2) is 3.97. The molecular weight excluding hydrogens is 188 g/mol. The minimum atomic E-state index is -0.403. The number of hydrogen-bond acceptors (Lipinski definition) is 2. The van der Waals surface area contributed by atoms with Crippen LogP contribution in [0.25, 0.3) is 0 Å². The Hall–Kier alpha value is -0.830. The molecule has 3 nitrogen and oxygen atoms in total. The highest BCUT2D eigenvalue weighted by molar-refractivity contribution is 5.26. The molecule has 1 atom stereocenters. The smallest absolute Gasteiger partial charge is 0.0797 e. The lowest BCUT2D eigenvalue weighted by molar-refractivity contribution is 0.197. The maximum absolute atomic E-state index is 9.65. The zero-order chi connectivity index (χ0) is 11.0. The third-order valence-corrected chi connectivity index (χ3v) is 3.51. The van der Waals surface area contributed by atoms with Gasteiger partial charge in [-0.15, -0.1) is 0 Å². The molecule has 84 valence electrons. The monoisotopic (exact) mass is 208 g/mol. The molecule has 1 fully saturated rings.